The van der Waals surface area contributed by atoms with Gasteiger partial charge < -0.3 is 5.32 Å². The molecule has 0 aliphatic heterocycles. The standard InChI is InChI=1S/C10H13N3S/c1-11-4-2-8-6-12-13-10(8)9-3-5-14-7-9/h3,5-7,11H,2,4H2,1H3,(H,12,13). The molecule has 0 bridgehead atoms. The maximum Gasteiger partial charge on any atom is 0.0690 e. The van der Waals surface area contributed by atoms with Gasteiger partial charge in [0.2, 0.25) is 0 Å². The molecule has 0 saturated carbocycles. The Morgan fingerprint density at radius 3 is 3.21 bits per heavy atom. The van der Waals surface area contributed by atoms with Crippen molar-refractivity contribution in [2.75, 3.05) is 13.6 Å². The number of hydrogen-bond acceptors (Lipinski definition) is 3. The summed E-state index contributed by atoms with van der Waals surface area (Å²) < 4.78 is 0. The first-order chi connectivity index (χ1) is 6.92. The number of nitrogens with one attached hydrogen (secondary N) is 2. The summed E-state index contributed by atoms with van der Waals surface area (Å²) in [6, 6.07) is 2.11. The van der Waals surface area contributed by atoms with Crippen LogP contribution in [0.2, 0.25) is 0 Å². The van der Waals surface area contributed by atoms with Gasteiger partial charge in [0.05, 0.1) is 11.9 Å². The summed E-state index contributed by atoms with van der Waals surface area (Å²) in [6.07, 6.45) is 2.92. The number of thiophene rings is 1. The lowest BCUT2D eigenvalue weighted by Crippen LogP contribution is -2.10. The molecular weight excluding hydrogens is 194 g/mol. The van der Waals surface area contributed by atoms with Gasteiger partial charge in [0.1, 0.15) is 0 Å². The van der Waals surface area contributed by atoms with Gasteiger partial charge in [-0.2, -0.15) is 16.4 Å². The van der Waals surface area contributed by atoms with Crippen LogP contribution in [-0.2, 0) is 6.42 Å². The van der Waals surface area contributed by atoms with E-state index in [1.807, 2.05) is 13.2 Å². The first kappa shape index (κ1) is 9.43. The third-order valence-electron chi connectivity index (χ3n) is 2.17. The van der Waals surface area contributed by atoms with Crippen molar-refractivity contribution in [3.8, 4) is 11.3 Å². The second kappa shape index (κ2) is 4.39. The lowest BCUT2D eigenvalue weighted by atomic mass is 10.1. The van der Waals surface area contributed by atoms with Crippen molar-refractivity contribution in [3.63, 3.8) is 0 Å². The highest BCUT2D eigenvalue weighted by Gasteiger charge is 2.06. The number of aromatic nitrogens is 2. The molecule has 0 aliphatic rings. The Labute approximate surface area is 87.2 Å². The lowest BCUT2D eigenvalue weighted by Gasteiger charge is -2.00. The molecule has 0 spiro atoms. The van der Waals surface area contributed by atoms with Crippen molar-refractivity contribution >= 4 is 11.3 Å². The van der Waals surface area contributed by atoms with Gasteiger partial charge in [0.25, 0.3) is 0 Å². The Hall–Kier alpha value is -1.13. The molecular formula is C10H13N3S. The molecule has 0 aliphatic carbocycles. The fourth-order valence-corrected chi connectivity index (χ4v) is 2.06. The molecule has 0 fully saturated rings. The Bertz CT molecular complexity index is 378. The zero-order valence-electron chi connectivity index (χ0n) is 8.08. The van der Waals surface area contributed by atoms with Crippen LogP contribution >= 0.6 is 11.3 Å². The van der Waals surface area contributed by atoms with Gasteiger partial charge >= 0.3 is 0 Å². The van der Waals surface area contributed by atoms with Crippen molar-refractivity contribution in [3.05, 3.63) is 28.6 Å². The van der Waals surface area contributed by atoms with Crippen LogP contribution in [0.5, 0.6) is 0 Å². The number of H-pyrrole nitrogens is 1. The van der Waals surface area contributed by atoms with E-state index in [4.69, 9.17) is 0 Å². The topological polar surface area (TPSA) is 40.7 Å². The van der Waals surface area contributed by atoms with Gasteiger partial charge in [-0.3, -0.25) is 5.10 Å². The molecule has 3 nitrogen and oxygen atoms in total. The number of rotatable bonds is 4. The van der Waals surface area contributed by atoms with Crippen LogP contribution in [0.15, 0.2) is 23.0 Å². The van der Waals surface area contributed by atoms with Gasteiger partial charge in [0.15, 0.2) is 0 Å². The van der Waals surface area contributed by atoms with Gasteiger partial charge in [-0.25, -0.2) is 0 Å². The predicted molar refractivity (Wildman–Crippen MR) is 59.5 cm³/mol. The number of aromatic amines is 1. The van der Waals surface area contributed by atoms with Gasteiger partial charge in [-0.1, -0.05) is 0 Å². The average Bonchev–Trinajstić information content (AvgIpc) is 2.84. The Balaban J connectivity index is 2.22. The minimum atomic E-state index is 0.983. The minimum Gasteiger partial charge on any atom is -0.319 e. The smallest absolute Gasteiger partial charge is 0.0690 e. The fourth-order valence-electron chi connectivity index (χ4n) is 1.42. The van der Waals surface area contributed by atoms with Crippen molar-refractivity contribution < 1.29 is 0 Å². The second-order valence-corrected chi connectivity index (χ2v) is 3.92. The van der Waals surface area contributed by atoms with E-state index in [1.165, 1.54) is 11.1 Å². The summed E-state index contributed by atoms with van der Waals surface area (Å²) in [5.41, 5.74) is 3.66. The molecule has 2 N–H and O–H groups in total. The number of nitrogens with zero attached hydrogens (tertiary/aromatic N) is 1. The predicted octanol–water partition coefficient (Wildman–Crippen LogP) is 1.90. The molecule has 2 rings (SSSR count). The lowest BCUT2D eigenvalue weighted by molar-refractivity contribution is 0.793. The van der Waals surface area contributed by atoms with Crippen LogP contribution in [0.3, 0.4) is 0 Å². The summed E-state index contributed by atoms with van der Waals surface area (Å²) in [7, 11) is 1.96. The summed E-state index contributed by atoms with van der Waals surface area (Å²) in [5.74, 6) is 0. The van der Waals surface area contributed by atoms with Crippen molar-refractivity contribution in [1.29, 1.82) is 0 Å². The quantitative estimate of drug-likeness (QED) is 0.804. The molecule has 0 atom stereocenters. The highest BCUT2D eigenvalue weighted by atomic mass is 32.1. The first-order valence-electron chi connectivity index (χ1n) is 4.61. The number of hydrogen-bond donors (Lipinski definition) is 2. The molecule has 2 aromatic rings. The molecule has 0 saturated heterocycles. The van der Waals surface area contributed by atoms with E-state index in [2.05, 4.69) is 32.3 Å². The Morgan fingerprint density at radius 2 is 2.50 bits per heavy atom. The van der Waals surface area contributed by atoms with E-state index >= 15 is 0 Å². The van der Waals surface area contributed by atoms with Crippen molar-refractivity contribution in [2.24, 2.45) is 0 Å². The van der Waals surface area contributed by atoms with Crippen LogP contribution in [0.1, 0.15) is 5.56 Å². The fraction of sp³-hybridized carbons (Fsp3) is 0.300. The zero-order valence-corrected chi connectivity index (χ0v) is 8.90. The number of likely N-dealkylation sites (N-methyl/N-ethyl adjacent to an activating group) is 1. The van der Waals surface area contributed by atoms with E-state index in [1.54, 1.807) is 11.3 Å². The normalized spacial score (nSPS) is 10.6. The maximum absolute atomic E-state index is 4.08. The van der Waals surface area contributed by atoms with Crippen molar-refractivity contribution in [2.45, 2.75) is 6.42 Å². The summed E-state index contributed by atoms with van der Waals surface area (Å²) in [5, 5.41) is 14.5. The molecule has 0 amide bonds. The molecule has 2 aromatic heterocycles. The minimum absolute atomic E-state index is 0.983. The Kier molecular flexibility index (Phi) is 2.96. The maximum atomic E-state index is 4.08. The van der Waals surface area contributed by atoms with Gasteiger partial charge in [-0.05, 0) is 37.0 Å². The highest BCUT2D eigenvalue weighted by molar-refractivity contribution is 7.08. The highest BCUT2D eigenvalue weighted by Crippen LogP contribution is 2.23. The van der Waals surface area contributed by atoms with Crippen LogP contribution < -0.4 is 5.32 Å². The van der Waals surface area contributed by atoms with Crippen molar-refractivity contribution in [1.82, 2.24) is 15.5 Å². The third-order valence-corrected chi connectivity index (χ3v) is 2.86. The second-order valence-electron chi connectivity index (χ2n) is 3.14. The Morgan fingerprint density at radius 1 is 1.57 bits per heavy atom. The molecule has 74 valence electrons. The van der Waals surface area contributed by atoms with Gasteiger partial charge in [-0.15, -0.1) is 0 Å². The zero-order chi connectivity index (χ0) is 9.80. The summed E-state index contributed by atoms with van der Waals surface area (Å²) in [6.45, 7) is 0.983. The van der Waals surface area contributed by atoms with E-state index in [0.717, 1.165) is 18.7 Å². The van der Waals surface area contributed by atoms with Gasteiger partial charge in [0, 0.05) is 10.9 Å². The van der Waals surface area contributed by atoms with E-state index in [-0.39, 0.29) is 0 Å². The van der Waals surface area contributed by atoms with E-state index in [9.17, 15) is 0 Å². The molecule has 14 heavy (non-hydrogen) atoms. The van der Waals surface area contributed by atoms with Crippen LogP contribution in [0.4, 0.5) is 0 Å². The molecule has 0 radical (unpaired) electrons. The van der Waals surface area contributed by atoms with E-state index < -0.39 is 0 Å². The van der Waals surface area contributed by atoms with Crippen LogP contribution in [-0.4, -0.2) is 23.8 Å². The molecule has 2 heterocycles. The molecule has 4 heteroatoms. The average molecular weight is 207 g/mol. The largest absolute Gasteiger partial charge is 0.319 e. The third kappa shape index (κ3) is 1.86. The van der Waals surface area contributed by atoms with Crippen LogP contribution in [0, 0.1) is 0 Å². The molecule has 0 aromatic carbocycles. The summed E-state index contributed by atoms with van der Waals surface area (Å²) in [4.78, 5) is 0. The monoisotopic (exact) mass is 207 g/mol. The molecule has 0 unspecified atom stereocenters. The summed E-state index contributed by atoms with van der Waals surface area (Å²) >= 11 is 1.71. The first-order valence-corrected chi connectivity index (χ1v) is 5.55. The van der Waals surface area contributed by atoms with E-state index in [0.29, 0.717) is 0 Å². The van der Waals surface area contributed by atoms with Crippen LogP contribution in [0.25, 0.3) is 11.3 Å². The SMILES string of the molecule is CNCCc1cn[nH]c1-c1ccsc1.